The quantitative estimate of drug-likeness (QED) is 0.566. The van der Waals surface area contributed by atoms with Crippen LogP contribution >= 0.6 is 0 Å². The number of hydrogen-bond acceptors (Lipinski definition) is 3. The van der Waals surface area contributed by atoms with Gasteiger partial charge in [-0.15, -0.1) is 0 Å². The Bertz CT molecular complexity index is 865. The van der Waals surface area contributed by atoms with E-state index in [0.29, 0.717) is 24.5 Å². The van der Waals surface area contributed by atoms with E-state index < -0.39 is 6.10 Å². The van der Waals surface area contributed by atoms with Crippen molar-refractivity contribution >= 4 is 11.6 Å². The van der Waals surface area contributed by atoms with E-state index in [4.69, 9.17) is 9.47 Å². The van der Waals surface area contributed by atoms with Crippen molar-refractivity contribution in [1.82, 2.24) is 0 Å². The van der Waals surface area contributed by atoms with E-state index in [0.717, 1.165) is 12.2 Å². The summed E-state index contributed by atoms with van der Waals surface area (Å²) < 4.78 is 11.6. The Morgan fingerprint density at radius 1 is 0.893 bits per heavy atom. The summed E-state index contributed by atoms with van der Waals surface area (Å²) in [4.78, 5) is 12.6. The molecule has 0 spiro atoms. The predicted molar refractivity (Wildman–Crippen MR) is 112 cm³/mol. The number of amides is 1. The lowest BCUT2D eigenvalue weighted by Gasteiger charge is -2.17. The third-order valence-corrected chi connectivity index (χ3v) is 4.29. The molecular formula is C24H25NO3. The molecule has 3 rings (SSSR count). The lowest BCUT2D eigenvalue weighted by atomic mass is 10.2. The zero-order chi connectivity index (χ0) is 19.6. The normalized spacial score (nSPS) is 11.5. The molecule has 0 bridgehead atoms. The highest BCUT2D eigenvalue weighted by atomic mass is 16.5. The third-order valence-electron chi connectivity index (χ3n) is 4.29. The Balaban J connectivity index is 1.54. The number of hydrogen-bond donors (Lipinski definition) is 1. The molecule has 1 amide bonds. The lowest BCUT2D eigenvalue weighted by molar-refractivity contribution is -0.122. The number of benzene rings is 3. The number of carbonyl (C=O) groups is 1. The molecule has 4 nitrogen and oxygen atoms in total. The van der Waals surface area contributed by atoms with E-state index in [9.17, 15) is 4.79 Å². The average molecular weight is 375 g/mol. The second kappa shape index (κ2) is 10.2. The molecule has 28 heavy (non-hydrogen) atoms. The van der Waals surface area contributed by atoms with Gasteiger partial charge in [-0.1, -0.05) is 61.5 Å². The third kappa shape index (κ3) is 5.88. The smallest absolute Gasteiger partial charge is 0.265 e. The number of nitrogens with one attached hydrogen (secondary N) is 1. The molecule has 0 aliphatic heterocycles. The van der Waals surface area contributed by atoms with Gasteiger partial charge in [-0.25, -0.2) is 0 Å². The maximum atomic E-state index is 12.6. The molecule has 0 heterocycles. The maximum Gasteiger partial charge on any atom is 0.265 e. The minimum Gasteiger partial charge on any atom is -0.493 e. The molecule has 4 heteroatoms. The van der Waals surface area contributed by atoms with Crippen LogP contribution in [0.1, 0.15) is 18.9 Å². The number of carbonyl (C=O) groups excluding carboxylic acids is 1. The minimum atomic E-state index is -0.551. The first-order valence-corrected chi connectivity index (χ1v) is 9.54. The van der Waals surface area contributed by atoms with Gasteiger partial charge < -0.3 is 14.8 Å². The average Bonchev–Trinajstić information content (AvgIpc) is 2.74. The molecule has 0 fully saturated rings. The van der Waals surface area contributed by atoms with Crippen molar-refractivity contribution in [3.8, 4) is 11.5 Å². The van der Waals surface area contributed by atoms with Gasteiger partial charge in [-0.05, 0) is 36.2 Å². The summed E-state index contributed by atoms with van der Waals surface area (Å²) in [6.45, 7) is 2.51. The van der Waals surface area contributed by atoms with Crippen molar-refractivity contribution < 1.29 is 14.3 Å². The van der Waals surface area contributed by atoms with E-state index in [1.165, 1.54) is 5.56 Å². The fourth-order valence-corrected chi connectivity index (χ4v) is 2.80. The van der Waals surface area contributed by atoms with E-state index in [1.807, 2.05) is 79.7 Å². The zero-order valence-corrected chi connectivity index (χ0v) is 16.0. The van der Waals surface area contributed by atoms with Crippen LogP contribution in [-0.2, 0) is 11.2 Å². The maximum absolute atomic E-state index is 12.6. The number of para-hydroxylation sites is 1. The van der Waals surface area contributed by atoms with Gasteiger partial charge in [0.05, 0.1) is 6.61 Å². The number of anilines is 1. The van der Waals surface area contributed by atoms with Crippen molar-refractivity contribution in [2.24, 2.45) is 0 Å². The first-order valence-electron chi connectivity index (χ1n) is 9.54. The van der Waals surface area contributed by atoms with Crippen LogP contribution in [-0.4, -0.2) is 18.6 Å². The molecule has 3 aromatic carbocycles. The summed E-state index contributed by atoms with van der Waals surface area (Å²) in [5, 5.41) is 2.92. The Kier molecular flexibility index (Phi) is 7.08. The molecule has 1 unspecified atom stereocenters. The molecule has 1 N–H and O–H groups in total. The largest absolute Gasteiger partial charge is 0.493 e. The van der Waals surface area contributed by atoms with Crippen LogP contribution in [0.15, 0.2) is 84.9 Å². The summed E-state index contributed by atoms with van der Waals surface area (Å²) in [5.41, 5.74) is 1.92. The Morgan fingerprint density at radius 3 is 2.29 bits per heavy atom. The fourth-order valence-electron chi connectivity index (χ4n) is 2.80. The van der Waals surface area contributed by atoms with Gasteiger partial charge in [0, 0.05) is 18.2 Å². The van der Waals surface area contributed by atoms with Crippen LogP contribution in [0.4, 0.5) is 5.69 Å². The Hall–Kier alpha value is -3.27. The molecule has 0 radical (unpaired) electrons. The highest BCUT2D eigenvalue weighted by molar-refractivity contribution is 5.94. The lowest BCUT2D eigenvalue weighted by Crippen LogP contribution is -2.32. The highest BCUT2D eigenvalue weighted by Crippen LogP contribution is 2.19. The summed E-state index contributed by atoms with van der Waals surface area (Å²) in [6, 6.07) is 27.0. The van der Waals surface area contributed by atoms with Gasteiger partial charge in [0.2, 0.25) is 0 Å². The van der Waals surface area contributed by atoms with Crippen LogP contribution in [0.2, 0.25) is 0 Å². The van der Waals surface area contributed by atoms with Gasteiger partial charge in [0.15, 0.2) is 6.10 Å². The molecule has 144 valence electrons. The van der Waals surface area contributed by atoms with Crippen molar-refractivity contribution in [2.75, 3.05) is 11.9 Å². The fraction of sp³-hybridized carbons (Fsp3) is 0.208. The van der Waals surface area contributed by atoms with Crippen LogP contribution < -0.4 is 14.8 Å². The highest BCUT2D eigenvalue weighted by Gasteiger charge is 2.18. The predicted octanol–water partition coefficient (Wildman–Crippen LogP) is 5.10. The number of rotatable bonds is 9. The van der Waals surface area contributed by atoms with E-state index in [2.05, 4.69) is 17.4 Å². The van der Waals surface area contributed by atoms with Crippen LogP contribution in [0.3, 0.4) is 0 Å². The minimum absolute atomic E-state index is 0.173. The molecule has 0 aliphatic carbocycles. The first-order chi connectivity index (χ1) is 13.7. The zero-order valence-electron chi connectivity index (χ0n) is 16.0. The van der Waals surface area contributed by atoms with Crippen molar-refractivity contribution in [1.29, 1.82) is 0 Å². The first kappa shape index (κ1) is 19.5. The second-order valence-corrected chi connectivity index (χ2v) is 6.43. The molecule has 0 aliphatic rings. The summed E-state index contributed by atoms with van der Waals surface area (Å²) >= 11 is 0. The molecule has 1 atom stereocenters. The van der Waals surface area contributed by atoms with Crippen LogP contribution in [0.5, 0.6) is 11.5 Å². The SMILES string of the molecule is CCC(Oc1ccccc1)C(=O)Nc1cccc(OCCc2ccccc2)c1. The van der Waals surface area contributed by atoms with Crippen molar-refractivity contribution in [3.05, 3.63) is 90.5 Å². The monoisotopic (exact) mass is 375 g/mol. The Labute approximate surface area is 166 Å². The van der Waals surface area contributed by atoms with Gasteiger partial charge in [-0.2, -0.15) is 0 Å². The van der Waals surface area contributed by atoms with E-state index in [1.54, 1.807) is 0 Å². The summed E-state index contributed by atoms with van der Waals surface area (Å²) in [5.74, 6) is 1.24. The van der Waals surface area contributed by atoms with E-state index >= 15 is 0 Å². The topological polar surface area (TPSA) is 47.6 Å². The van der Waals surface area contributed by atoms with Gasteiger partial charge in [-0.3, -0.25) is 4.79 Å². The van der Waals surface area contributed by atoms with Gasteiger partial charge >= 0.3 is 0 Å². The standard InChI is InChI=1S/C24H25NO3/c1-2-23(28-21-13-7-4-8-14-21)24(26)25-20-12-9-15-22(18-20)27-17-16-19-10-5-3-6-11-19/h3-15,18,23H,2,16-17H2,1H3,(H,25,26). The second-order valence-electron chi connectivity index (χ2n) is 6.43. The van der Waals surface area contributed by atoms with Gasteiger partial charge in [0.1, 0.15) is 11.5 Å². The molecule has 3 aromatic rings. The molecule has 0 aromatic heterocycles. The molecule has 0 saturated carbocycles. The Morgan fingerprint density at radius 2 is 1.57 bits per heavy atom. The van der Waals surface area contributed by atoms with Crippen LogP contribution in [0, 0.1) is 0 Å². The molecular weight excluding hydrogens is 350 g/mol. The van der Waals surface area contributed by atoms with E-state index in [-0.39, 0.29) is 5.91 Å². The van der Waals surface area contributed by atoms with Crippen molar-refractivity contribution in [2.45, 2.75) is 25.9 Å². The van der Waals surface area contributed by atoms with Crippen molar-refractivity contribution in [3.63, 3.8) is 0 Å². The molecule has 0 saturated heterocycles. The summed E-state index contributed by atoms with van der Waals surface area (Å²) in [6.07, 6.45) is 0.860. The number of ether oxygens (including phenoxy) is 2. The van der Waals surface area contributed by atoms with Crippen LogP contribution in [0.25, 0.3) is 0 Å². The van der Waals surface area contributed by atoms with Gasteiger partial charge in [0.25, 0.3) is 5.91 Å². The summed E-state index contributed by atoms with van der Waals surface area (Å²) in [7, 11) is 0.